The molecule has 1 atom stereocenters. The normalized spacial score (nSPS) is 12.4. The van der Waals surface area contributed by atoms with Gasteiger partial charge in [-0.25, -0.2) is 0 Å². The van der Waals surface area contributed by atoms with E-state index in [1.54, 1.807) is 6.92 Å². The Morgan fingerprint density at radius 2 is 2.00 bits per heavy atom. The fourth-order valence-electron chi connectivity index (χ4n) is 1.42. The second-order valence-electron chi connectivity index (χ2n) is 4.53. The third-order valence-corrected chi connectivity index (χ3v) is 2.57. The number of ether oxygens (including phenoxy) is 1. The lowest BCUT2D eigenvalue weighted by molar-refractivity contribution is -0.132. The van der Waals surface area contributed by atoms with Gasteiger partial charge in [-0.2, -0.15) is 0 Å². The predicted octanol–water partition coefficient (Wildman–Crippen LogP) is 1.27. The van der Waals surface area contributed by atoms with Crippen LogP contribution in [0.4, 0.5) is 0 Å². The van der Waals surface area contributed by atoms with E-state index in [9.17, 15) is 4.79 Å². The molecule has 1 amide bonds. The Morgan fingerprint density at radius 3 is 2.61 bits per heavy atom. The summed E-state index contributed by atoms with van der Waals surface area (Å²) in [5.74, 6) is -0.0622. The quantitative estimate of drug-likeness (QED) is 0.792. The zero-order chi connectivity index (χ0) is 13.4. The van der Waals surface area contributed by atoms with Gasteiger partial charge in [-0.15, -0.1) is 0 Å². The van der Waals surface area contributed by atoms with Gasteiger partial charge in [-0.05, 0) is 26.6 Å². The van der Waals surface area contributed by atoms with Crippen molar-refractivity contribution in [1.29, 1.82) is 0 Å². The maximum Gasteiger partial charge on any atom is 0.248 e. The number of carbonyl (C=O) groups is 1. The van der Waals surface area contributed by atoms with Crippen LogP contribution in [0.5, 0.6) is 0 Å². The highest BCUT2D eigenvalue weighted by Crippen LogP contribution is 2.03. The van der Waals surface area contributed by atoms with Gasteiger partial charge >= 0.3 is 0 Å². The minimum Gasteiger partial charge on any atom is -0.364 e. The Balaban J connectivity index is 2.23. The minimum absolute atomic E-state index is 0.0622. The third-order valence-electron chi connectivity index (χ3n) is 2.57. The molecule has 0 aliphatic heterocycles. The number of hydrogen-bond donors (Lipinski definition) is 1. The molecule has 0 fully saturated rings. The van der Waals surface area contributed by atoms with Crippen LogP contribution in [0.25, 0.3) is 0 Å². The summed E-state index contributed by atoms with van der Waals surface area (Å²) in [6.45, 7) is 3.71. The zero-order valence-corrected chi connectivity index (χ0v) is 11.3. The minimum atomic E-state index is -0.424. The molecule has 0 bridgehead atoms. The van der Waals surface area contributed by atoms with Gasteiger partial charge in [0.2, 0.25) is 5.91 Å². The van der Waals surface area contributed by atoms with Crippen molar-refractivity contribution in [1.82, 2.24) is 10.2 Å². The highest BCUT2D eigenvalue weighted by atomic mass is 16.5. The average molecular weight is 250 g/mol. The Kier molecular flexibility index (Phi) is 6.39. The van der Waals surface area contributed by atoms with Gasteiger partial charge in [0.05, 0.1) is 6.61 Å². The number of benzene rings is 1. The van der Waals surface area contributed by atoms with Crippen LogP contribution in [0.2, 0.25) is 0 Å². The van der Waals surface area contributed by atoms with Gasteiger partial charge in [-0.3, -0.25) is 4.79 Å². The zero-order valence-electron chi connectivity index (χ0n) is 11.3. The first kappa shape index (κ1) is 14.7. The summed E-state index contributed by atoms with van der Waals surface area (Å²) in [4.78, 5) is 13.7. The second-order valence-corrected chi connectivity index (χ2v) is 4.53. The lowest BCUT2D eigenvalue weighted by Crippen LogP contribution is -2.38. The number of nitrogens with zero attached hydrogens (tertiary/aromatic N) is 1. The van der Waals surface area contributed by atoms with Crippen molar-refractivity contribution in [3.63, 3.8) is 0 Å². The molecule has 0 aliphatic carbocycles. The highest BCUT2D eigenvalue weighted by Gasteiger charge is 2.12. The lowest BCUT2D eigenvalue weighted by atomic mass is 10.2. The molecule has 0 spiro atoms. The summed E-state index contributed by atoms with van der Waals surface area (Å²) in [5.41, 5.74) is 1.07. The van der Waals surface area contributed by atoms with Crippen LogP contribution >= 0.6 is 0 Å². The molecule has 1 aromatic rings. The summed E-state index contributed by atoms with van der Waals surface area (Å²) in [6, 6.07) is 9.84. The van der Waals surface area contributed by atoms with Crippen LogP contribution in [0.3, 0.4) is 0 Å². The third kappa shape index (κ3) is 5.80. The molecule has 18 heavy (non-hydrogen) atoms. The van der Waals surface area contributed by atoms with Gasteiger partial charge in [-0.1, -0.05) is 30.3 Å². The first-order valence-electron chi connectivity index (χ1n) is 6.17. The number of likely N-dealkylation sites (N-methyl/N-ethyl adjacent to an activating group) is 1. The Hall–Kier alpha value is -1.39. The standard InChI is InChI=1S/C14H22N2O2/c1-12(14(17)15-9-10-16(2)3)18-11-13-7-5-4-6-8-13/h4-8,12H,9-11H2,1-3H3,(H,15,17)/t12-/m1/s1. The number of rotatable bonds is 7. The Labute approximate surface area is 109 Å². The van der Waals surface area contributed by atoms with E-state index in [2.05, 4.69) is 5.32 Å². The van der Waals surface area contributed by atoms with Crippen molar-refractivity contribution in [2.24, 2.45) is 0 Å². The van der Waals surface area contributed by atoms with Crippen LogP contribution in [0, 0.1) is 0 Å². The van der Waals surface area contributed by atoms with Crippen molar-refractivity contribution >= 4 is 5.91 Å². The van der Waals surface area contributed by atoms with Gasteiger partial charge < -0.3 is 15.0 Å². The molecule has 1 rings (SSSR count). The number of amides is 1. The highest BCUT2D eigenvalue weighted by molar-refractivity contribution is 5.80. The summed E-state index contributed by atoms with van der Waals surface area (Å²) < 4.78 is 5.52. The molecule has 1 aromatic carbocycles. The van der Waals surface area contributed by atoms with E-state index in [4.69, 9.17) is 4.74 Å². The van der Waals surface area contributed by atoms with Crippen LogP contribution in [-0.4, -0.2) is 44.1 Å². The largest absolute Gasteiger partial charge is 0.364 e. The summed E-state index contributed by atoms with van der Waals surface area (Å²) >= 11 is 0. The molecule has 4 nitrogen and oxygen atoms in total. The first-order chi connectivity index (χ1) is 8.59. The van der Waals surface area contributed by atoms with E-state index in [-0.39, 0.29) is 5.91 Å². The molecule has 0 aliphatic rings. The smallest absolute Gasteiger partial charge is 0.248 e. The van der Waals surface area contributed by atoms with Crippen LogP contribution in [0.15, 0.2) is 30.3 Å². The van der Waals surface area contributed by atoms with Crippen molar-refractivity contribution in [3.05, 3.63) is 35.9 Å². The molecule has 0 unspecified atom stereocenters. The van der Waals surface area contributed by atoms with E-state index < -0.39 is 6.10 Å². The van der Waals surface area contributed by atoms with Crippen LogP contribution in [-0.2, 0) is 16.1 Å². The van der Waals surface area contributed by atoms with E-state index in [1.807, 2.05) is 49.3 Å². The lowest BCUT2D eigenvalue weighted by Gasteiger charge is -2.15. The van der Waals surface area contributed by atoms with Crippen LogP contribution in [0.1, 0.15) is 12.5 Å². The van der Waals surface area contributed by atoms with Crippen molar-refractivity contribution in [2.75, 3.05) is 27.2 Å². The van der Waals surface area contributed by atoms with Gasteiger partial charge in [0.15, 0.2) is 0 Å². The molecule has 0 saturated heterocycles. The molecule has 1 N–H and O–H groups in total. The molecule has 0 heterocycles. The Morgan fingerprint density at radius 1 is 1.33 bits per heavy atom. The van der Waals surface area contributed by atoms with Gasteiger partial charge in [0.1, 0.15) is 6.10 Å². The second kappa shape index (κ2) is 7.84. The fraction of sp³-hybridized carbons (Fsp3) is 0.500. The fourth-order valence-corrected chi connectivity index (χ4v) is 1.42. The topological polar surface area (TPSA) is 41.6 Å². The van der Waals surface area contributed by atoms with E-state index >= 15 is 0 Å². The van der Waals surface area contributed by atoms with Crippen molar-refractivity contribution < 1.29 is 9.53 Å². The number of nitrogens with one attached hydrogen (secondary N) is 1. The SMILES string of the molecule is C[C@@H](OCc1ccccc1)C(=O)NCCN(C)C. The molecular weight excluding hydrogens is 228 g/mol. The Bertz CT molecular complexity index is 352. The molecular formula is C14H22N2O2. The monoisotopic (exact) mass is 250 g/mol. The molecule has 0 radical (unpaired) electrons. The van der Waals surface area contributed by atoms with E-state index in [1.165, 1.54) is 0 Å². The molecule has 0 aromatic heterocycles. The summed E-state index contributed by atoms with van der Waals surface area (Å²) in [5, 5.41) is 2.84. The average Bonchev–Trinajstić information content (AvgIpc) is 2.36. The maximum absolute atomic E-state index is 11.7. The van der Waals surface area contributed by atoms with Crippen LogP contribution < -0.4 is 5.32 Å². The summed E-state index contributed by atoms with van der Waals surface area (Å²) in [6.07, 6.45) is -0.424. The molecule has 4 heteroatoms. The van der Waals surface area contributed by atoms with Gasteiger partial charge in [0.25, 0.3) is 0 Å². The number of carbonyl (C=O) groups excluding carboxylic acids is 1. The van der Waals surface area contributed by atoms with Gasteiger partial charge in [0, 0.05) is 13.1 Å². The van der Waals surface area contributed by atoms with E-state index in [0.717, 1.165) is 12.1 Å². The van der Waals surface area contributed by atoms with Crippen molar-refractivity contribution in [3.8, 4) is 0 Å². The molecule has 0 saturated carbocycles. The number of hydrogen-bond acceptors (Lipinski definition) is 3. The van der Waals surface area contributed by atoms with E-state index in [0.29, 0.717) is 13.2 Å². The first-order valence-corrected chi connectivity index (χ1v) is 6.17. The van der Waals surface area contributed by atoms with Crippen molar-refractivity contribution in [2.45, 2.75) is 19.6 Å². The molecule has 100 valence electrons. The summed E-state index contributed by atoms with van der Waals surface area (Å²) in [7, 11) is 3.95. The predicted molar refractivity (Wildman–Crippen MR) is 72.3 cm³/mol. The maximum atomic E-state index is 11.7.